The fraction of sp³-hybridized carbons (Fsp3) is 0.235. The number of rotatable bonds is 9. The number of nitrogens with one attached hydrogen (secondary N) is 3. The van der Waals surface area contributed by atoms with E-state index in [2.05, 4.69) is 14.8 Å². The van der Waals surface area contributed by atoms with E-state index in [1.54, 1.807) is 24.3 Å². The molecule has 152 valence electrons. The van der Waals surface area contributed by atoms with E-state index in [1.165, 1.54) is 31.2 Å². The lowest BCUT2D eigenvalue weighted by Gasteiger charge is -2.10. The summed E-state index contributed by atoms with van der Waals surface area (Å²) in [7, 11) is -7.18. The summed E-state index contributed by atoms with van der Waals surface area (Å²) in [4.78, 5) is 11.9. The molecule has 0 fully saturated rings. The van der Waals surface area contributed by atoms with E-state index in [0.717, 1.165) is 0 Å². The second kappa shape index (κ2) is 9.37. The van der Waals surface area contributed by atoms with Crippen molar-refractivity contribution < 1.29 is 21.6 Å². The molecule has 0 aliphatic heterocycles. The molecule has 0 aliphatic carbocycles. The third kappa shape index (κ3) is 6.48. The number of carbonyl (C=O) groups is 1. The smallest absolute Gasteiger partial charge is 0.242 e. The molecule has 0 heterocycles. The minimum absolute atomic E-state index is 0.0460. The number of carbonyl (C=O) groups excluding carboxylic acids is 1. The highest BCUT2D eigenvalue weighted by molar-refractivity contribution is 7.92. The van der Waals surface area contributed by atoms with Crippen LogP contribution in [0.25, 0.3) is 0 Å². The second-order valence-electron chi connectivity index (χ2n) is 5.71. The Morgan fingerprint density at radius 2 is 1.57 bits per heavy atom. The van der Waals surface area contributed by atoms with E-state index in [0.29, 0.717) is 11.4 Å². The van der Waals surface area contributed by atoms with Crippen LogP contribution in [0.3, 0.4) is 0 Å². The van der Waals surface area contributed by atoms with Gasteiger partial charge in [-0.05, 0) is 43.3 Å². The van der Waals surface area contributed by atoms with Gasteiger partial charge < -0.3 is 5.32 Å². The van der Waals surface area contributed by atoms with Crippen LogP contribution >= 0.6 is 11.6 Å². The first-order chi connectivity index (χ1) is 13.1. The molecule has 2 aromatic carbocycles. The lowest BCUT2D eigenvalue weighted by atomic mass is 10.3. The normalized spacial score (nSPS) is 11.8. The number of anilines is 2. The van der Waals surface area contributed by atoms with Gasteiger partial charge in [0, 0.05) is 24.3 Å². The van der Waals surface area contributed by atoms with Crippen molar-refractivity contribution in [2.75, 3.05) is 22.3 Å². The van der Waals surface area contributed by atoms with Crippen LogP contribution in [0.1, 0.15) is 13.3 Å². The first-order valence-corrected chi connectivity index (χ1v) is 11.8. The molecular weight excluding hydrogens is 426 g/mol. The molecule has 1 amide bonds. The minimum atomic E-state index is -3.81. The molecule has 2 aromatic rings. The van der Waals surface area contributed by atoms with Crippen molar-refractivity contribution in [3.63, 3.8) is 0 Å². The van der Waals surface area contributed by atoms with Gasteiger partial charge in [-0.25, -0.2) is 21.6 Å². The second-order valence-corrected chi connectivity index (χ2v) is 9.86. The molecule has 2 rings (SSSR count). The highest BCUT2D eigenvalue weighted by Crippen LogP contribution is 2.20. The highest BCUT2D eigenvalue weighted by Gasteiger charge is 2.17. The van der Waals surface area contributed by atoms with Crippen molar-refractivity contribution in [2.24, 2.45) is 0 Å². The Morgan fingerprint density at radius 3 is 2.18 bits per heavy atom. The van der Waals surface area contributed by atoms with Crippen LogP contribution in [0.5, 0.6) is 0 Å². The van der Waals surface area contributed by atoms with Crippen LogP contribution in [-0.2, 0) is 24.8 Å². The molecule has 0 saturated heterocycles. The Kier molecular flexibility index (Phi) is 7.41. The molecule has 0 bridgehead atoms. The molecule has 0 aromatic heterocycles. The third-order valence-electron chi connectivity index (χ3n) is 3.59. The Morgan fingerprint density at radius 1 is 0.964 bits per heavy atom. The first kappa shape index (κ1) is 22.2. The molecule has 28 heavy (non-hydrogen) atoms. The summed E-state index contributed by atoms with van der Waals surface area (Å²) >= 11 is 5.88. The summed E-state index contributed by atoms with van der Waals surface area (Å²) in [6, 6.07) is 12.1. The van der Waals surface area contributed by atoms with Gasteiger partial charge in [0.1, 0.15) is 4.90 Å². The van der Waals surface area contributed by atoms with Gasteiger partial charge in [0.05, 0.1) is 10.8 Å². The van der Waals surface area contributed by atoms with Crippen molar-refractivity contribution in [3.05, 3.63) is 53.6 Å². The quantitative estimate of drug-likeness (QED) is 0.547. The lowest BCUT2D eigenvalue weighted by Crippen LogP contribution is -2.28. The summed E-state index contributed by atoms with van der Waals surface area (Å²) in [5, 5.41) is 2.70. The molecule has 0 atom stereocenters. The number of halogens is 1. The molecule has 11 heteroatoms. The number of amides is 1. The summed E-state index contributed by atoms with van der Waals surface area (Å²) in [5.74, 6) is -0.445. The summed E-state index contributed by atoms with van der Waals surface area (Å²) < 4.78 is 52.1. The van der Waals surface area contributed by atoms with Gasteiger partial charge in [0.2, 0.25) is 26.0 Å². The van der Waals surface area contributed by atoms with Crippen molar-refractivity contribution in [2.45, 2.75) is 18.2 Å². The molecule has 0 aliphatic rings. The van der Waals surface area contributed by atoms with Gasteiger partial charge in [-0.1, -0.05) is 23.7 Å². The van der Waals surface area contributed by atoms with Crippen LogP contribution in [0.4, 0.5) is 11.4 Å². The van der Waals surface area contributed by atoms with Crippen molar-refractivity contribution in [3.8, 4) is 0 Å². The molecule has 0 saturated carbocycles. The summed E-state index contributed by atoms with van der Waals surface area (Å²) in [5.41, 5.74) is 0.839. The Balaban J connectivity index is 1.87. The van der Waals surface area contributed by atoms with E-state index in [-0.39, 0.29) is 28.6 Å². The van der Waals surface area contributed by atoms with Gasteiger partial charge in [0.15, 0.2) is 0 Å². The van der Waals surface area contributed by atoms with Crippen LogP contribution in [0, 0.1) is 0 Å². The zero-order chi connectivity index (χ0) is 20.8. The molecule has 0 unspecified atom stereocenters. The number of hydrogen-bond donors (Lipinski definition) is 3. The minimum Gasteiger partial charge on any atom is -0.326 e. The number of sulfonamides is 2. The lowest BCUT2D eigenvalue weighted by molar-refractivity contribution is -0.116. The number of benzene rings is 2. The van der Waals surface area contributed by atoms with Crippen LogP contribution in [0.2, 0.25) is 5.02 Å². The zero-order valence-electron chi connectivity index (χ0n) is 15.0. The fourth-order valence-corrected chi connectivity index (χ4v) is 4.32. The van der Waals surface area contributed by atoms with E-state index in [1.807, 2.05) is 0 Å². The zero-order valence-corrected chi connectivity index (χ0v) is 17.4. The van der Waals surface area contributed by atoms with Crippen LogP contribution < -0.4 is 14.8 Å². The van der Waals surface area contributed by atoms with E-state index >= 15 is 0 Å². The van der Waals surface area contributed by atoms with E-state index < -0.39 is 26.0 Å². The molecule has 0 spiro atoms. The third-order valence-corrected chi connectivity index (χ3v) is 6.86. The van der Waals surface area contributed by atoms with Crippen LogP contribution in [-0.4, -0.2) is 35.0 Å². The number of hydrogen-bond acceptors (Lipinski definition) is 5. The van der Waals surface area contributed by atoms with E-state index in [4.69, 9.17) is 11.6 Å². The molecule has 0 radical (unpaired) electrons. The topological polar surface area (TPSA) is 121 Å². The largest absolute Gasteiger partial charge is 0.326 e. The molecule has 8 nitrogen and oxygen atoms in total. The monoisotopic (exact) mass is 445 g/mol. The predicted molar refractivity (Wildman–Crippen MR) is 109 cm³/mol. The first-order valence-electron chi connectivity index (χ1n) is 8.27. The Bertz CT molecular complexity index is 1040. The maximum absolute atomic E-state index is 12.2. The molecular formula is C17H20ClN3O5S2. The fourth-order valence-electron chi connectivity index (χ4n) is 2.14. The predicted octanol–water partition coefficient (Wildman–Crippen LogP) is 2.41. The summed E-state index contributed by atoms with van der Waals surface area (Å²) in [6.45, 7) is 1.42. The van der Waals surface area contributed by atoms with Crippen LogP contribution in [0.15, 0.2) is 53.4 Å². The SMILES string of the molecule is CCS(=O)(=O)Nc1ccc(NC(=O)CCNS(=O)(=O)c2ccccc2Cl)cc1. The van der Waals surface area contributed by atoms with Crippen molar-refractivity contribution in [1.29, 1.82) is 0 Å². The van der Waals surface area contributed by atoms with Gasteiger partial charge in [-0.15, -0.1) is 0 Å². The Labute approximate surface area is 169 Å². The van der Waals surface area contributed by atoms with Gasteiger partial charge in [-0.2, -0.15) is 0 Å². The van der Waals surface area contributed by atoms with Crippen molar-refractivity contribution >= 4 is 48.9 Å². The van der Waals surface area contributed by atoms with Gasteiger partial charge in [-0.3, -0.25) is 9.52 Å². The van der Waals surface area contributed by atoms with Crippen molar-refractivity contribution in [1.82, 2.24) is 4.72 Å². The maximum atomic E-state index is 12.2. The average Bonchev–Trinajstić information content (AvgIpc) is 2.63. The van der Waals surface area contributed by atoms with E-state index in [9.17, 15) is 21.6 Å². The molecule has 3 N–H and O–H groups in total. The van der Waals surface area contributed by atoms with Gasteiger partial charge >= 0.3 is 0 Å². The highest BCUT2D eigenvalue weighted by atomic mass is 35.5. The average molecular weight is 446 g/mol. The van der Waals surface area contributed by atoms with Gasteiger partial charge in [0.25, 0.3) is 0 Å². The standard InChI is InChI=1S/C17H20ClN3O5S2/c1-2-27(23,24)21-14-9-7-13(8-10-14)20-17(22)11-12-19-28(25,26)16-6-4-3-5-15(16)18/h3-10,19,21H,2,11-12H2,1H3,(H,20,22). The summed E-state index contributed by atoms with van der Waals surface area (Å²) in [6.07, 6.45) is -0.0894. The Hall–Kier alpha value is -2.14. The maximum Gasteiger partial charge on any atom is 0.242 e.